The normalized spacial score (nSPS) is 14.9. The van der Waals surface area contributed by atoms with Gasteiger partial charge in [0.25, 0.3) is 5.91 Å². The van der Waals surface area contributed by atoms with E-state index in [4.69, 9.17) is 0 Å². The van der Waals surface area contributed by atoms with Crippen molar-refractivity contribution < 1.29 is 4.79 Å². The fourth-order valence-corrected chi connectivity index (χ4v) is 1.97. The first-order valence-corrected chi connectivity index (χ1v) is 5.52. The number of nitrogens with one attached hydrogen (secondary N) is 1. The fraction of sp³-hybridized carbons (Fsp3) is 0. The van der Waals surface area contributed by atoms with Gasteiger partial charge in [0.2, 0.25) is 0 Å². The summed E-state index contributed by atoms with van der Waals surface area (Å²) in [6.45, 7) is 0. The average molecular weight is 221 g/mol. The van der Waals surface area contributed by atoms with Crippen molar-refractivity contribution in [3.63, 3.8) is 0 Å². The van der Waals surface area contributed by atoms with Gasteiger partial charge in [-0.1, -0.05) is 48.6 Å². The summed E-state index contributed by atoms with van der Waals surface area (Å²) in [7, 11) is 0. The minimum atomic E-state index is -0.0580. The molecule has 3 rings (SSSR count). The number of para-hydroxylation sites is 1. The van der Waals surface area contributed by atoms with Gasteiger partial charge < -0.3 is 5.32 Å². The van der Waals surface area contributed by atoms with E-state index >= 15 is 0 Å². The summed E-state index contributed by atoms with van der Waals surface area (Å²) in [4.78, 5) is 12.1. The topological polar surface area (TPSA) is 29.1 Å². The Morgan fingerprint density at radius 3 is 2.29 bits per heavy atom. The van der Waals surface area contributed by atoms with Gasteiger partial charge in [-0.15, -0.1) is 0 Å². The Morgan fingerprint density at radius 1 is 0.765 bits per heavy atom. The molecule has 2 aromatic carbocycles. The SMILES string of the molecule is O=C1Nc2ccccc2/C=C\c2ccccc21. The number of hydrogen-bond acceptors (Lipinski definition) is 1. The van der Waals surface area contributed by atoms with Gasteiger partial charge in [-0.3, -0.25) is 4.79 Å². The summed E-state index contributed by atoms with van der Waals surface area (Å²) in [5.74, 6) is -0.0580. The zero-order chi connectivity index (χ0) is 11.7. The molecule has 0 saturated heterocycles. The van der Waals surface area contributed by atoms with Gasteiger partial charge >= 0.3 is 0 Å². The molecule has 0 spiro atoms. The van der Waals surface area contributed by atoms with E-state index in [0.717, 1.165) is 16.8 Å². The number of hydrogen-bond donors (Lipinski definition) is 1. The van der Waals surface area contributed by atoms with Gasteiger partial charge in [-0.05, 0) is 23.3 Å². The molecule has 0 bridgehead atoms. The smallest absolute Gasteiger partial charge is 0.256 e. The summed E-state index contributed by atoms with van der Waals surface area (Å²) in [6, 6.07) is 15.4. The highest BCUT2D eigenvalue weighted by atomic mass is 16.1. The molecule has 0 saturated carbocycles. The van der Waals surface area contributed by atoms with Crippen molar-refractivity contribution in [1.82, 2.24) is 0 Å². The van der Waals surface area contributed by atoms with E-state index in [9.17, 15) is 4.79 Å². The lowest BCUT2D eigenvalue weighted by atomic mass is 10.0. The predicted octanol–water partition coefficient (Wildman–Crippen LogP) is 3.42. The minimum absolute atomic E-state index is 0.0580. The standard InChI is InChI=1S/C15H11NO/c17-15-13-7-3-1-5-11(13)9-10-12-6-2-4-8-14(12)16-15/h1-10H,(H,16,17). The molecule has 0 unspecified atom stereocenters. The number of amides is 1. The molecule has 2 heteroatoms. The first-order valence-electron chi connectivity index (χ1n) is 5.52. The molecule has 1 aliphatic rings. The summed E-state index contributed by atoms with van der Waals surface area (Å²) >= 11 is 0. The summed E-state index contributed by atoms with van der Waals surface area (Å²) in [6.07, 6.45) is 4.00. The van der Waals surface area contributed by atoms with E-state index in [2.05, 4.69) is 5.32 Å². The average Bonchev–Trinajstić information content (AvgIpc) is 2.36. The number of rotatable bonds is 0. The first-order chi connectivity index (χ1) is 8.34. The molecule has 0 fully saturated rings. The van der Waals surface area contributed by atoms with Gasteiger partial charge in [0.15, 0.2) is 0 Å². The minimum Gasteiger partial charge on any atom is -0.321 e. The van der Waals surface area contributed by atoms with Gasteiger partial charge in [-0.2, -0.15) is 0 Å². The molecule has 2 nitrogen and oxygen atoms in total. The molecule has 1 N–H and O–H groups in total. The zero-order valence-electron chi connectivity index (χ0n) is 9.18. The van der Waals surface area contributed by atoms with E-state index in [1.165, 1.54) is 0 Å². The van der Waals surface area contributed by atoms with Crippen LogP contribution in [0, 0.1) is 0 Å². The van der Waals surface area contributed by atoms with Crippen LogP contribution in [0.4, 0.5) is 5.69 Å². The molecule has 2 aromatic rings. The molecule has 0 aliphatic carbocycles. The van der Waals surface area contributed by atoms with Crippen LogP contribution in [0.15, 0.2) is 48.5 Å². The lowest BCUT2D eigenvalue weighted by Crippen LogP contribution is -2.14. The maximum atomic E-state index is 12.1. The molecule has 1 amide bonds. The van der Waals surface area contributed by atoms with Crippen molar-refractivity contribution in [3.8, 4) is 0 Å². The maximum absolute atomic E-state index is 12.1. The van der Waals surface area contributed by atoms with Crippen molar-refractivity contribution >= 4 is 23.7 Å². The highest BCUT2D eigenvalue weighted by molar-refractivity contribution is 6.09. The van der Waals surface area contributed by atoms with Gasteiger partial charge in [0, 0.05) is 11.3 Å². The van der Waals surface area contributed by atoms with Crippen molar-refractivity contribution in [3.05, 3.63) is 65.2 Å². The Hall–Kier alpha value is -2.35. The zero-order valence-corrected chi connectivity index (χ0v) is 9.18. The monoisotopic (exact) mass is 221 g/mol. The summed E-state index contributed by atoms with van der Waals surface area (Å²) < 4.78 is 0. The highest BCUT2D eigenvalue weighted by Gasteiger charge is 2.12. The van der Waals surface area contributed by atoms with Crippen LogP contribution < -0.4 is 5.32 Å². The fourth-order valence-electron chi connectivity index (χ4n) is 1.97. The molecular weight excluding hydrogens is 210 g/mol. The van der Waals surface area contributed by atoms with Gasteiger partial charge in [0.05, 0.1) is 0 Å². The second-order valence-electron chi connectivity index (χ2n) is 3.96. The van der Waals surface area contributed by atoms with E-state index in [1.54, 1.807) is 0 Å². The Morgan fingerprint density at radius 2 is 1.41 bits per heavy atom. The second kappa shape index (κ2) is 3.91. The van der Waals surface area contributed by atoms with Gasteiger partial charge in [-0.25, -0.2) is 0 Å². The molecule has 82 valence electrons. The van der Waals surface area contributed by atoms with Crippen LogP contribution in [-0.2, 0) is 0 Å². The third kappa shape index (κ3) is 1.74. The number of carbonyl (C=O) groups is 1. The van der Waals surface area contributed by atoms with Crippen LogP contribution in [-0.4, -0.2) is 5.91 Å². The number of carbonyl (C=O) groups excluding carboxylic acids is 1. The molecule has 0 atom stereocenters. The van der Waals surface area contributed by atoms with Crippen LogP contribution in [0.5, 0.6) is 0 Å². The number of benzene rings is 2. The Bertz CT molecular complexity index is 614. The summed E-state index contributed by atoms with van der Waals surface area (Å²) in [5.41, 5.74) is 3.52. The molecule has 0 radical (unpaired) electrons. The quantitative estimate of drug-likeness (QED) is 0.725. The van der Waals surface area contributed by atoms with Crippen molar-refractivity contribution in [1.29, 1.82) is 0 Å². The maximum Gasteiger partial charge on any atom is 0.256 e. The molecule has 1 aliphatic heterocycles. The lowest BCUT2D eigenvalue weighted by Gasteiger charge is -2.13. The Labute approximate surface area is 99.6 Å². The van der Waals surface area contributed by atoms with Crippen LogP contribution in [0.25, 0.3) is 12.2 Å². The van der Waals surface area contributed by atoms with E-state index < -0.39 is 0 Å². The predicted molar refractivity (Wildman–Crippen MR) is 69.8 cm³/mol. The van der Waals surface area contributed by atoms with E-state index in [-0.39, 0.29) is 5.91 Å². The number of fused-ring (bicyclic) bond motifs is 2. The van der Waals surface area contributed by atoms with Crippen molar-refractivity contribution in [2.45, 2.75) is 0 Å². The summed E-state index contributed by atoms with van der Waals surface area (Å²) in [5, 5.41) is 2.93. The Balaban J connectivity index is 2.19. The van der Waals surface area contributed by atoms with Crippen LogP contribution in [0.2, 0.25) is 0 Å². The highest BCUT2D eigenvalue weighted by Crippen LogP contribution is 2.23. The lowest BCUT2D eigenvalue weighted by molar-refractivity contribution is 0.102. The molecule has 0 aromatic heterocycles. The first kappa shape index (κ1) is 9.85. The molecule has 17 heavy (non-hydrogen) atoms. The van der Waals surface area contributed by atoms with Gasteiger partial charge in [0.1, 0.15) is 0 Å². The largest absolute Gasteiger partial charge is 0.321 e. The molecule has 1 heterocycles. The van der Waals surface area contributed by atoms with Crippen molar-refractivity contribution in [2.75, 3.05) is 5.32 Å². The molecular formula is C15H11NO. The third-order valence-electron chi connectivity index (χ3n) is 2.86. The van der Waals surface area contributed by atoms with Crippen LogP contribution in [0.3, 0.4) is 0 Å². The Kier molecular flexibility index (Phi) is 2.26. The van der Waals surface area contributed by atoms with E-state index in [1.807, 2.05) is 60.7 Å². The third-order valence-corrected chi connectivity index (χ3v) is 2.86. The number of anilines is 1. The second-order valence-corrected chi connectivity index (χ2v) is 3.96. The van der Waals surface area contributed by atoms with Crippen LogP contribution in [0.1, 0.15) is 21.5 Å². The van der Waals surface area contributed by atoms with Crippen LogP contribution >= 0.6 is 0 Å². The van der Waals surface area contributed by atoms with Crippen molar-refractivity contribution in [2.24, 2.45) is 0 Å². The van der Waals surface area contributed by atoms with E-state index in [0.29, 0.717) is 5.56 Å².